The molecule has 1 saturated heterocycles. The molecule has 0 atom stereocenters. The predicted octanol–water partition coefficient (Wildman–Crippen LogP) is 2.95. The van der Waals surface area contributed by atoms with Gasteiger partial charge in [0.05, 0.1) is 0 Å². The molecule has 0 aromatic rings. The summed E-state index contributed by atoms with van der Waals surface area (Å²) in [6.45, 7) is 3.77. The molecular weight excluding hydrogens is 170 g/mol. The highest BCUT2D eigenvalue weighted by Crippen LogP contribution is 2.14. The zero-order chi connectivity index (χ0) is 9.64. The highest BCUT2D eigenvalue weighted by atomic mass is 15.1. The van der Waals surface area contributed by atoms with E-state index in [1.54, 1.807) is 0 Å². The second-order valence-electron chi connectivity index (χ2n) is 4.30. The average molecular weight is 190 g/mol. The van der Waals surface area contributed by atoms with Crippen LogP contribution in [0.15, 0.2) is 23.8 Å². The van der Waals surface area contributed by atoms with Crippen molar-refractivity contribution in [3.63, 3.8) is 0 Å². The van der Waals surface area contributed by atoms with Crippen molar-refractivity contribution in [2.45, 2.75) is 32.1 Å². The fraction of sp³-hybridized carbons (Fsp3) is 0.615. The van der Waals surface area contributed by atoms with Gasteiger partial charge in [-0.15, -0.1) is 0 Å². The van der Waals surface area contributed by atoms with Gasteiger partial charge in [-0.1, -0.05) is 31.1 Å². The van der Waals surface area contributed by atoms with Gasteiger partial charge in [0, 0.05) is 6.54 Å². The van der Waals surface area contributed by atoms with Crippen LogP contribution in [0.2, 0.25) is 0 Å². The number of likely N-dealkylation sites (tertiary alicyclic amines) is 1. The van der Waals surface area contributed by atoms with E-state index in [0.29, 0.717) is 0 Å². The molecule has 0 aromatic carbocycles. The van der Waals surface area contributed by atoms with Crippen LogP contribution in [0.1, 0.15) is 32.1 Å². The van der Waals surface area contributed by atoms with Crippen LogP contribution in [0.4, 0.5) is 0 Å². The Balaban J connectivity index is 1.83. The third-order valence-corrected chi connectivity index (χ3v) is 3.07. The number of rotatable bonds is 2. The summed E-state index contributed by atoms with van der Waals surface area (Å²) >= 11 is 0. The van der Waals surface area contributed by atoms with E-state index in [0.717, 1.165) is 6.42 Å². The summed E-state index contributed by atoms with van der Waals surface area (Å²) in [6.07, 6.45) is 15.8. The van der Waals surface area contributed by atoms with Crippen molar-refractivity contribution in [3.8, 4) is 0 Å². The van der Waals surface area contributed by atoms with Crippen LogP contribution in [-0.2, 0) is 0 Å². The van der Waals surface area contributed by atoms with Crippen LogP contribution in [0.3, 0.4) is 0 Å². The number of hydrogen-bond donors (Lipinski definition) is 0. The first kappa shape index (κ1) is 9.97. The molecule has 0 amide bonds. The first-order chi connectivity index (χ1) is 6.95. The molecule has 0 aromatic heterocycles. The number of allylic oxidation sites excluding steroid dienone is 2. The lowest BCUT2D eigenvalue weighted by molar-refractivity contribution is 0.311. The van der Waals surface area contributed by atoms with Gasteiger partial charge in [0.2, 0.25) is 0 Å². The monoisotopic (exact) mass is 190 g/mol. The SMILES string of the molecule is [CH]1C=CC(CN2CCCCCC2)=CC1. The zero-order valence-electron chi connectivity index (χ0n) is 8.91. The maximum atomic E-state index is 2.61. The molecule has 0 bridgehead atoms. The Morgan fingerprint density at radius 2 is 1.86 bits per heavy atom. The van der Waals surface area contributed by atoms with E-state index >= 15 is 0 Å². The number of hydrogen-bond acceptors (Lipinski definition) is 1. The van der Waals surface area contributed by atoms with Crippen molar-refractivity contribution in [1.82, 2.24) is 4.90 Å². The van der Waals surface area contributed by atoms with E-state index < -0.39 is 0 Å². The molecule has 1 heterocycles. The summed E-state index contributed by atoms with van der Waals surface area (Å²) in [5.74, 6) is 0. The van der Waals surface area contributed by atoms with Crippen molar-refractivity contribution in [1.29, 1.82) is 0 Å². The lowest BCUT2D eigenvalue weighted by Gasteiger charge is -2.21. The molecule has 1 aliphatic heterocycles. The number of nitrogens with zero attached hydrogens (tertiary/aromatic N) is 1. The lowest BCUT2D eigenvalue weighted by atomic mass is 10.1. The topological polar surface area (TPSA) is 3.24 Å². The van der Waals surface area contributed by atoms with E-state index in [-0.39, 0.29) is 0 Å². The average Bonchev–Trinajstić information content (AvgIpc) is 2.48. The van der Waals surface area contributed by atoms with Gasteiger partial charge in [-0.2, -0.15) is 0 Å². The lowest BCUT2D eigenvalue weighted by Crippen LogP contribution is -2.26. The van der Waals surface area contributed by atoms with Crippen molar-refractivity contribution in [2.75, 3.05) is 19.6 Å². The van der Waals surface area contributed by atoms with Crippen molar-refractivity contribution >= 4 is 0 Å². The smallest absolute Gasteiger partial charge is 0.0230 e. The van der Waals surface area contributed by atoms with Gasteiger partial charge in [0.15, 0.2) is 0 Å². The molecule has 2 aliphatic rings. The van der Waals surface area contributed by atoms with E-state index in [4.69, 9.17) is 0 Å². The summed E-state index contributed by atoms with van der Waals surface area (Å²) in [5, 5.41) is 0. The predicted molar refractivity (Wildman–Crippen MR) is 61.0 cm³/mol. The van der Waals surface area contributed by atoms with E-state index in [1.165, 1.54) is 50.9 Å². The first-order valence-electron chi connectivity index (χ1n) is 5.86. The summed E-state index contributed by atoms with van der Waals surface area (Å²) in [6, 6.07) is 0. The van der Waals surface area contributed by atoms with Gasteiger partial charge >= 0.3 is 0 Å². The highest BCUT2D eigenvalue weighted by Gasteiger charge is 2.09. The van der Waals surface area contributed by atoms with Crippen molar-refractivity contribution in [3.05, 3.63) is 30.2 Å². The Morgan fingerprint density at radius 1 is 1.07 bits per heavy atom. The van der Waals surface area contributed by atoms with Crippen LogP contribution < -0.4 is 0 Å². The quantitative estimate of drug-likeness (QED) is 0.647. The normalized spacial score (nSPS) is 24.4. The molecule has 0 saturated carbocycles. The largest absolute Gasteiger partial charge is 0.299 e. The van der Waals surface area contributed by atoms with Crippen LogP contribution in [0, 0.1) is 6.42 Å². The molecule has 0 N–H and O–H groups in total. The Hall–Kier alpha value is -0.560. The minimum atomic E-state index is 1.12. The third-order valence-electron chi connectivity index (χ3n) is 3.07. The van der Waals surface area contributed by atoms with Crippen LogP contribution in [0.5, 0.6) is 0 Å². The molecule has 0 unspecified atom stereocenters. The molecule has 77 valence electrons. The molecular formula is C13H20N. The van der Waals surface area contributed by atoms with E-state index in [9.17, 15) is 0 Å². The first-order valence-corrected chi connectivity index (χ1v) is 5.86. The summed E-state index contributed by atoms with van der Waals surface area (Å²) in [4.78, 5) is 2.61. The highest BCUT2D eigenvalue weighted by molar-refractivity contribution is 5.27. The van der Waals surface area contributed by atoms with Gasteiger partial charge in [0.25, 0.3) is 0 Å². The van der Waals surface area contributed by atoms with Gasteiger partial charge in [-0.25, -0.2) is 0 Å². The maximum absolute atomic E-state index is 2.61. The standard InChI is InChI=1S/C13H20N/c1-2-7-11-14(10-6-1)12-13-8-4-3-5-9-13/h3-4,8-9H,1-2,5-7,10-12H2. The Kier molecular flexibility index (Phi) is 3.81. The summed E-state index contributed by atoms with van der Waals surface area (Å²) in [5.41, 5.74) is 1.51. The zero-order valence-corrected chi connectivity index (χ0v) is 8.91. The van der Waals surface area contributed by atoms with Crippen LogP contribution in [-0.4, -0.2) is 24.5 Å². The van der Waals surface area contributed by atoms with Crippen LogP contribution >= 0.6 is 0 Å². The molecule has 1 aliphatic carbocycles. The van der Waals surface area contributed by atoms with Crippen LogP contribution in [0.25, 0.3) is 0 Å². The van der Waals surface area contributed by atoms with E-state index in [1.807, 2.05) is 0 Å². The van der Waals surface area contributed by atoms with Gasteiger partial charge in [-0.3, -0.25) is 4.90 Å². The van der Waals surface area contributed by atoms with E-state index in [2.05, 4.69) is 29.5 Å². The van der Waals surface area contributed by atoms with Gasteiger partial charge in [0.1, 0.15) is 0 Å². The molecule has 1 radical (unpaired) electrons. The second-order valence-corrected chi connectivity index (χ2v) is 4.30. The summed E-state index contributed by atoms with van der Waals surface area (Å²) in [7, 11) is 0. The second kappa shape index (κ2) is 5.35. The third kappa shape index (κ3) is 2.98. The fourth-order valence-corrected chi connectivity index (χ4v) is 2.23. The minimum absolute atomic E-state index is 1.12. The molecule has 2 rings (SSSR count). The maximum Gasteiger partial charge on any atom is 0.0230 e. The molecule has 1 fully saturated rings. The minimum Gasteiger partial charge on any atom is -0.299 e. The molecule has 0 spiro atoms. The van der Waals surface area contributed by atoms with Gasteiger partial charge in [-0.05, 0) is 44.3 Å². The fourth-order valence-electron chi connectivity index (χ4n) is 2.23. The molecule has 14 heavy (non-hydrogen) atoms. The Labute approximate surface area is 87.5 Å². The van der Waals surface area contributed by atoms with Crippen molar-refractivity contribution in [2.24, 2.45) is 0 Å². The van der Waals surface area contributed by atoms with Gasteiger partial charge < -0.3 is 0 Å². The molecule has 1 nitrogen and oxygen atoms in total. The summed E-state index contributed by atoms with van der Waals surface area (Å²) < 4.78 is 0. The Morgan fingerprint density at radius 3 is 2.50 bits per heavy atom. The Bertz CT molecular complexity index is 219. The molecule has 1 heteroatoms. The van der Waals surface area contributed by atoms with Crippen molar-refractivity contribution < 1.29 is 0 Å².